The minimum absolute atomic E-state index is 0.832. The standard InChI is InChI=1S/C8H18OS/c1-3-5-6-7-8-10-9-4-2/h3-8H2,1-2H3. The fraction of sp³-hybridized carbons (Fsp3) is 1.00. The molecule has 0 radical (unpaired) electrons. The van der Waals surface area contributed by atoms with Gasteiger partial charge in [-0.3, -0.25) is 0 Å². The van der Waals surface area contributed by atoms with Crippen molar-refractivity contribution >= 4 is 12.0 Å². The van der Waals surface area contributed by atoms with Crippen LogP contribution in [-0.4, -0.2) is 12.4 Å². The van der Waals surface area contributed by atoms with Gasteiger partial charge < -0.3 is 4.18 Å². The lowest BCUT2D eigenvalue weighted by Gasteiger charge is -1.98. The third-order valence-corrected chi connectivity index (χ3v) is 2.14. The van der Waals surface area contributed by atoms with Crippen molar-refractivity contribution in [1.82, 2.24) is 0 Å². The Balaban J connectivity index is 2.65. The van der Waals surface area contributed by atoms with Crippen molar-refractivity contribution in [3.8, 4) is 0 Å². The maximum Gasteiger partial charge on any atom is 0.0585 e. The summed E-state index contributed by atoms with van der Waals surface area (Å²) in [5, 5.41) is 0. The largest absolute Gasteiger partial charge is 0.316 e. The first-order valence-electron chi connectivity index (χ1n) is 4.16. The van der Waals surface area contributed by atoms with E-state index in [2.05, 4.69) is 6.92 Å². The predicted octanol–water partition coefficient (Wildman–Crippen LogP) is 3.25. The second-order valence-electron chi connectivity index (χ2n) is 2.29. The van der Waals surface area contributed by atoms with E-state index in [4.69, 9.17) is 4.18 Å². The summed E-state index contributed by atoms with van der Waals surface area (Å²) in [6.45, 7) is 5.09. The van der Waals surface area contributed by atoms with Crippen LogP contribution in [0.1, 0.15) is 39.5 Å². The van der Waals surface area contributed by atoms with Crippen LogP contribution < -0.4 is 0 Å². The molecular weight excluding hydrogens is 144 g/mol. The smallest absolute Gasteiger partial charge is 0.0585 e. The molecule has 0 N–H and O–H groups in total. The number of rotatable bonds is 7. The van der Waals surface area contributed by atoms with Crippen LogP contribution in [0.15, 0.2) is 0 Å². The zero-order chi connectivity index (χ0) is 7.66. The molecule has 0 aliphatic carbocycles. The quantitative estimate of drug-likeness (QED) is 0.420. The molecule has 0 aromatic rings. The van der Waals surface area contributed by atoms with Gasteiger partial charge in [0, 0.05) is 5.75 Å². The van der Waals surface area contributed by atoms with E-state index < -0.39 is 0 Å². The Morgan fingerprint density at radius 3 is 2.50 bits per heavy atom. The molecule has 10 heavy (non-hydrogen) atoms. The molecule has 0 heterocycles. The van der Waals surface area contributed by atoms with Gasteiger partial charge in [-0.15, -0.1) is 0 Å². The van der Waals surface area contributed by atoms with Gasteiger partial charge in [0.25, 0.3) is 0 Å². The molecule has 1 nitrogen and oxygen atoms in total. The van der Waals surface area contributed by atoms with E-state index in [0.29, 0.717) is 0 Å². The van der Waals surface area contributed by atoms with Crippen molar-refractivity contribution in [3.63, 3.8) is 0 Å². The molecule has 0 unspecified atom stereocenters. The summed E-state index contributed by atoms with van der Waals surface area (Å²) in [4.78, 5) is 0. The average molecular weight is 162 g/mol. The molecule has 0 aliphatic heterocycles. The van der Waals surface area contributed by atoms with Crippen LogP contribution in [0.2, 0.25) is 0 Å². The van der Waals surface area contributed by atoms with Gasteiger partial charge in [-0.1, -0.05) is 26.2 Å². The molecule has 0 aromatic heterocycles. The van der Waals surface area contributed by atoms with Gasteiger partial charge in [-0.05, 0) is 25.4 Å². The molecule has 0 fully saturated rings. The molecule has 0 saturated heterocycles. The maximum absolute atomic E-state index is 5.13. The first-order chi connectivity index (χ1) is 4.91. The minimum Gasteiger partial charge on any atom is -0.316 e. The lowest BCUT2D eigenvalue weighted by atomic mass is 10.2. The molecule has 0 aromatic carbocycles. The monoisotopic (exact) mass is 162 g/mol. The average Bonchev–Trinajstić information content (AvgIpc) is 1.97. The number of hydrogen-bond donors (Lipinski definition) is 0. The zero-order valence-electron chi connectivity index (χ0n) is 7.06. The van der Waals surface area contributed by atoms with Crippen LogP contribution in [0.3, 0.4) is 0 Å². The molecule has 2 heteroatoms. The van der Waals surface area contributed by atoms with E-state index in [1.807, 2.05) is 6.92 Å². The van der Waals surface area contributed by atoms with Gasteiger partial charge in [-0.25, -0.2) is 0 Å². The summed E-state index contributed by atoms with van der Waals surface area (Å²) < 4.78 is 5.13. The molecule has 62 valence electrons. The lowest BCUT2D eigenvalue weighted by Crippen LogP contribution is -1.83. The predicted molar refractivity (Wildman–Crippen MR) is 48.2 cm³/mol. The highest BCUT2D eigenvalue weighted by Gasteiger charge is 1.88. The Kier molecular flexibility index (Phi) is 9.60. The Labute approximate surface area is 68.7 Å². The van der Waals surface area contributed by atoms with Crippen molar-refractivity contribution in [3.05, 3.63) is 0 Å². The molecule has 0 aliphatic rings. The SMILES string of the molecule is CCCCCCSOCC. The third-order valence-electron chi connectivity index (χ3n) is 1.28. The number of hydrogen-bond acceptors (Lipinski definition) is 2. The van der Waals surface area contributed by atoms with Crippen LogP contribution >= 0.6 is 12.0 Å². The van der Waals surface area contributed by atoms with Crippen LogP contribution in [0.4, 0.5) is 0 Å². The van der Waals surface area contributed by atoms with Gasteiger partial charge in [0.05, 0.1) is 6.61 Å². The maximum atomic E-state index is 5.13. The Bertz CT molecular complexity index is 49.2. The fourth-order valence-corrected chi connectivity index (χ4v) is 1.34. The summed E-state index contributed by atoms with van der Waals surface area (Å²) in [6, 6.07) is 0. The van der Waals surface area contributed by atoms with Crippen molar-refractivity contribution < 1.29 is 4.18 Å². The normalized spacial score (nSPS) is 10.2. The molecule has 0 amide bonds. The van der Waals surface area contributed by atoms with Gasteiger partial charge in [0.15, 0.2) is 0 Å². The highest BCUT2D eigenvalue weighted by Crippen LogP contribution is 2.07. The summed E-state index contributed by atoms with van der Waals surface area (Å²) in [5.41, 5.74) is 0. The van der Waals surface area contributed by atoms with Crippen LogP contribution in [0.25, 0.3) is 0 Å². The molecule has 0 bridgehead atoms. The Morgan fingerprint density at radius 2 is 1.90 bits per heavy atom. The summed E-state index contributed by atoms with van der Waals surface area (Å²) >= 11 is 1.60. The van der Waals surface area contributed by atoms with Gasteiger partial charge in [0.1, 0.15) is 0 Å². The Morgan fingerprint density at radius 1 is 1.10 bits per heavy atom. The topological polar surface area (TPSA) is 9.23 Å². The summed E-state index contributed by atoms with van der Waals surface area (Å²) in [6.07, 6.45) is 5.35. The summed E-state index contributed by atoms with van der Waals surface area (Å²) in [7, 11) is 0. The van der Waals surface area contributed by atoms with Crippen molar-refractivity contribution in [2.45, 2.75) is 39.5 Å². The van der Waals surface area contributed by atoms with Gasteiger partial charge in [-0.2, -0.15) is 0 Å². The van der Waals surface area contributed by atoms with E-state index in [9.17, 15) is 0 Å². The fourth-order valence-electron chi connectivity index (χ4n) is 0.730. The molecule has 0 atom stereocenters. The highest BCUT2D eigenvalue weighted by atomic mass is 32.2. The van der Waals surface area contributed by atoms with Crippen LogP contribution in [0.5, 0.6) is 0 Å². The van der Waals surface area contributed by atoms with E-state index >= 15 is 0 Å². The van der Waals surface area contributed by atoms with E-state index in [1.54, 1.807) is 12.0 Å². The zero-order valence-corrected chi connectivity index (χ0v) is 7.88. The second kappa shape index (κ2) is 9.31. The van der Waals surface area contributed by atoms with E-state index in [0.717, 1.165) is 12.4 Å². The third kappa shape index (κ3) is 8.31. The lowest BCUT2D eigenvalue weighted by molar-refractivity contribution is 0.401. The van der Waals surface area contributed by atoms with Crippen LogP contribution in [0, 0.1) is 0 Å². The van der Waals surface area contributed by atoms with Crippen LogP contribution in [-0.2, 0) is 4.18 Å². The molecule has 0 spiro atoms. The first-order valence-corrected chi connectivity index (χ1v) is 5.07. The Hall–Kier alpha value is 0.310. The number of unbranched alkanes of at least 4 members (excludes halogenated alkanes) is 3. The minimum atomic E-state index is 0.832. The highest BCUT2D eigenvalue weighted by molar-refractivity contribution is 7.94. The van der Waals surface area contributed by atoms with Crippen molar-refractivity contribution in [2.24, 2.45) is 0 Å². The molecular formula is C8H18OS. The van der Waals surface area contributed by atoms with Gasteiger partial charge >= 0.3 is 0 Å². The molecule has 0 saturated carbocycles. The second-order valence-corrected chi connectivity index (χ2v) is 3.17. The van der Waals surface area contributed by atoms with Crippen molar-refractivity contribution in [1.29, 1.82) is 0 Å². The first kappa shape index (κ1) is 10.3. The molecule has 0 rings (SSSR count). The van der Waals surface area contributed by atoms with Crippen molar-refractivity contribution in [2.75, 3.05) is 12.4 Å². The van der Waals surface area contributed by atoms with E-state index in [1.165, 1.54) is 25.7 Å². The van der Waals surface area contributed by atoms with Gasteiger partial charge in [0.2, 0.25) is 0 Å². The summed E-state index contributed by atoms with van der Waals surface area (Å²) in [5.74, 6) is 1.16. The van der Waals surface area contributed by atoms with E-state index in [-0.39, 0.29) is 0 Å².